The number of nitrogens with one attached hydrogen (secondary N) is 2. The third kappa shape index (κ3) is 5.99. The first-order valence-electron chi connectivity index (χ1n) is 15.3. The summed E-state index contributed by atoms with van der Waals surface area (Å²) in [6.07, 6.45) is 0. The van der Waals surface area contributed by atoms with E-state index in [-0.39, 0.29) is 11.8 Å². The summed E-state index contributed by atoms with van der Waals surface area (Å²) in [5, 5.41) is 8.84. The highest BCUT2D eigenvalue weighted by Gasteiger charge is 2.21. The molecule has 8 heteroatoms. The highest BCUT2D eigenvalue weighted by molar-refractivity contribution is 6.31. The van der Waals surface area contributed by atoms with E-state index in [1.54, 1.807) is 24.3 Å². The Hall–Kier alpha value is -5.56. The van der Waals surface area contributed by atoms with Crippen LogP contribution >= 0.6 is 23.2 Å². The number of nitrogens with zero attached hydrogens (tertiary/aromatic N) is 2. The average molecular weight is 668 g/mol. The molecule has 0 bridgehead atoms. The first kappa shape index (κ1) is 31.1. The summed E-state index contributed by atoms with van der Waals surface area (Å²) in [4.78, 5) is 37.4. The minimum atomic E-state index is -0.258. The maximum absolute atomic E-state index is 13.8. The van der Waals surface area contributed by atoms with Crippen molar-refractivity contribution >= 4 is 68.2 Å². The van der Waals surface area contributed by atoms with Gasteiger partial charge in [0.1, 0.15) is 0 Å². The third-order valence-electron chi connectivity index (χ3n) is 8.36. The number of aromatic nitrogens is 2. The zero-order chi connectivity index (χ0) is 33.4. The molecule has 0 saturated heterocycles. The fourth-order valence-electron chi connectivity index (χ4n) is 6.00. The molecule has 5 aromatic carbocycles. The van der Waals surface area contributed by atoms with Crippen molar-refractivity contribution in [2.75, 3.05) is 10.6 Å². The number of pyridine rings is 2. The molecule has 6 nitrogen and oxygen atoms in total. The van der Waals surface area contributed by atoms with Crippen LogP contribution in [0.2, 0.25) is 10.0 Å². The van der Waals surface area contributed by atoms with Crippen molar-refractivity contribution in [1.82, 2.24) is 9.97 Å². The summed E-state index contributed by atoms with van der Waals surface area (Å²) in [7, 11) is 0. The number of amides is 2. The lowest BCUT2D eigenvalue weighted by Crippen LogP contribution is -2.16. The number of anilines is 2. The van der Waals surface area contributed by atoms with Gasteiger partial charge in [0, 0.05) is 43.3 Å². The first-order chi connectivity index (χ1) is 23.3. The molecule has 2 N–H and O–H groups in total. The van der Waals surface area contributed by atoms with E-state index in [0.717, 1.165) is 44.1 Å². The molecular formula is C40H28Cl2N4O2. The summed E-state index contributed by atoms with van der Waals surface area (Å²) in [6, 6.07) is 37.1. The van der Waals surface area contributed by atoms with Crippen LogP contribution in [0.25, 0.3) is 44.3 Å². The van der Waals surface area contributed by atoms with Gasteiger partial charge in [0.25, 0.3) is 11.8 Å². The summed E-state index contributed by atoms with van der Waals surface area (Å²) in [6.45, 7) is 3.81. The number of hydrogen-bond acceptors (Lipinski definition) is 4. The molecule has 2 heterocycles. The van der Waals surface area contributed by atoms with E-state index in [1.165, 1.54) is 0 Å². The zero-order valence-electron chi connectivity index (χ0n) is 26.0. The highest BCUT2D eigenvalue weighted by atomic mass is 35.5. The molecule has 7 rings (SSSR count). The van der Waals surface area contributed by atoms with Gasteiger partial charge >= 0.3 is 0 Å². The number of carbonyl (C=O) groups excluding carboxylic acids is 2. The van der Waals surface area contributed by atoms with E-state index < -0.39 is 0 Å². The molecule has 2 aromatic heterocycles. The second-order valence-electron chi connectivity index (χ2n) is 11.5. The van der Waals surface area contributed by atoms with Gasteiger partial charge in [-0.1, -0.05) is 83.9 Å². The maximum atomic E-state index is 13.8. The normalized spacial score (nSPS) is 11.1. The molecule has 0 radical (unpaired) electrons. The lowest BCUT2D eigenvalue weighted by Gasteiger charge is -2.16. The van der Waals surface area contributed by atoms with Crippen molar-refractivity contribution in [2.24, 2.45) is 0 Å². The molecule has 0 aliphatic heterocycles. The number of fused-ring (bicyclic) bond motifs is 2. The Kier molecular flexibility index (Phi) is 8.36. The SMILES string of the molecule is Cc1c(-c2ccc(Cl)cc2)nc2ccccc2c1C(=O)Nc1ccc(NC(=O)c2c(C)c(-c3ccc(Cl)cc3)nc3ccccc23)cc1. The molecule has 0 saturated carbocycles. The summed E-state index contributed by atoms with van der Waals surface area (Å²) >= 11 is 12.3. The van der Waals surface area contributed by atoms with Crippen molar-refractivity contribution in [3.05, 3.63) is 154 Å². The Bertz CT molecular complexity index is 2190. The minimum Gasteiger partial charge on any atom is -0.322 e. The monoisotopic (exact) mass is 666 g/mol. The van der Waals surface area contributed by atoms with Crippen LogP contribution in [-0.4, -0.2) is 21.8 Å². The van der Waals surface area contributed by atoms with Gasteiger partial charge in [0.05, 0.1) is 33.5 Å². The second-order valence-corrected chi connectivity index (χ2v) is 12.3. The standard InChI is InChI=1S/C40H28Cl2N4O2/c1-23-35(31-7-3-5-9-33(31)45-37(23)25-11-15-27(41)16-12-25)39(47)43-29-19-21-30(22-20-29)44-40(48)36-24(2)38(26-13-17-28(42)18-14-26)46-34-10-6-4-8-32(34)36/h3-22H,1-2H3,(H,43,47)(H,44,48). The molecule has 7 aromatic rings. The van der Waals surface area contributed by atoms with Crippen molar-refractivity contribution in [2.45, 2.75) is 13.8 Å². The van der Waals surface area contributed by atoms with Gasteiger partial charge in [0.15, 0.2) is 0 Å². The smallest absolute Gasteiger partial charge is 0.256 e. The van der Waals surface area contributed by atoms with Crippen molar-refractivity contribution < 1.29 is 9.59 Å². The summed E-state index contributed by atoms with van der Waals surface area (Å²) < 4.78 is 0. The van der Waals surface area contributed by atoms with E-state index >= 15 is 0 Å². The molecule has 0 atom stereocenters. The quantitative estimate of drug-likeness (QED) is 0.185. The van der Waals surface area contributed by atoms with Crippen molar-refractivity contribution in [3.8, 4) is 22.5 Å². The first-order valence-corrected chi connectivity index (χ1v) is 16.1. The number of carbonyl (C=O) groups is 2. The van der Waals surface area contributed by atoms with Crippen molar-refractivity contribution in [3.63, 3.8) is 0 Å². The van der Waals surface area contributed by atoms with Crippen LogP contribution in [0.3, 0.4) is 0 Å². The minimum absolute atomic E-state index is 0.258. The van der Waals surface area contributed by atoms with Crippen LogP contribution in [0.4, 0.5) is 11.4 Å². The van der Waals surface area contributed by atoms with Crippen LogP contribution in [0, 0.1) is 13.8 Å². The molecule has 48 heavy (non-hydrogen) atoms. The lowest BCUT2D eigenvalue weighted by molar-refractivity contribution is 0.101. The molecule has 0 aliphatic carbocycles. The van der Waals surface area contributed by atoms with Gasteiger partial charge in [-0.15, -0.1) is 0 Å². The summed E-state index contributed by atoms with van der Waals surface area (Å²) in [5.74, 6) is -0.515. The van der Waals surface area contributed by atoms with Gasteiger partial charge in [-0.2, -0.15) is 0 Å². The van der Waals surface area contributed by atoms with Gasteiger partial charge in [-0.25, -0.2) is 9.97 Å². The van der Waals surface area contributed by atoms with E-state index in [2.05, 4.69) is 10.6 Å². The molecule has 0 aliphatic rings. The predicted molar refractivity (Wildman–Crippen MR) is 196 cm³/mol. The van der Waals surface area contributed by atoms with Gasteiger partial charge < -0.3 is 10.6 Å². The van der Waals surface area contributed by atoms with E-state index in [4.69, 9.17) is 33.2 Å². The van der Waals surface area contributed by atoms with Gasteiger partial charge in [-0.3, -0.25) is 9.59 Å². The molecule has 2 amide bonds. The van der Waals surface area contributed by atoms with E-state index in [1.807, 2.05) is 111 Å². The Morgan fingerprint density at radius 2 is 0.854 bits per heavy atom. The average Bonchev–Trinajstić information content (AvgIpc) is 3.09. The number of benzene rings is 5. The van der Waals surface area contributed by atoms with Crippen LogP contribution in [0.15, 0.2) is 121 Å². The van der Waals surface area contributed by atoms with Crippen LogP contribution in [0.5, 0.6) is 0 Å². The fraction of sp³-hybridized carbons (Fsp3) is 0.0500. The zero-order valence-corrected chi connectivity index (χ0v) is 27.5. The van der Waals surface area contributed by atoms with Crippen molar-refractivity contribution in [1.29, 1.82) is 0 Å². The maximum Gasteiger partial charge on any atom is 0.256 e. The number of halogens is 2. The highest BCUT2D eigenvalue weighted by Crippen LogP contribution is 2.33. The Morgan fingerprint density at radius 1 is 0.500 bits per heavy atom. The van der Waals surface area contributed by atoms with E-state index in [9.17, 15) is 9.59 Å². The Morgan fingerprint density at radius 3 is 1.23 bits per heavy atom. The summed E-state index contributed by atoms with van der Waals surface area (Å²) in [5.41, 5.74) is 8.37. The number of rotatable bonds is 6. The van der Waals surface area contributed by atoms with Crippen LogP contribution in [-0.2, 0) is 0 Å². The van der Waals surface area contributed by atoms with Crippen LogP contribution < -0.4 is 10.6 Å². The topological polar surface area (TPSA) is 84.0 Å². The molecule has 234 valence electrons. The lowest BCUT2D eigenvalue weighted by atomic mass is 9.97. The third-order valence-corrected chi connectivity index (χ3v) is 8.87. The molecule has 0 spiro atoms. The number of para-hydroxylation sites is 2. The fourth-order valence-corrected chi connectivity index (χ4v) is 6.25. The van der Waals surface area contributed by atoms with Crippen LogP contribution in [0.1, 0.15) is 31.8 Å². The molecule has 0 fully saturated rings. The number of hydrogen-bond donors (Lipinski definition) is 2. The van der Waals surface area contributed by atoms with Gasteiger partial charge in [-0.05, 0) is 85.6 Å². The van der Waals surface area contributed by atoms with Gasteiger partial charge in [0.2, 0.25) is 0 Å². The molecule has 0 unspecified atom stereocenters. The van der Waals surface area contributed by atoms with E-state index in [0.29, 0.717) is 43.9 Å². The predicted octanol–water partition coefficient (Wildman–Crippen LogP) is 10.5. The molecular weight excluding hydrogens is 639 g/mol. The Labute approximate surface area is 287 Å². The largest absolute Gasteiger partial charge is 0.322 e. The Balaban J connectivity index is 1.16. The second kappa shape index (κ2) is 12.9.